The van der Waals surface area contributed by atoms with Crippen molar-refractivity contribution >= 4 is 46.7 Å². The van der Waals surface area contributed by atoms with Gasteiger partial charge in [-0.2, -0.15) is 0 Å². The van der Waals surface area contributed by atoms with Crippen LogP contribution in [0.15, 0.2) is 85.2 Å². The number of hydrogen-bond acceptors (Lipinski definition) is 10. The van der Waals surface area contributed by atoms with Crippen LogP contribution in [0.5, 0.6) is 0 Å². The second-order valence-corrected chi connectivity index (χ2v) is 17.4. The van der Waals surface area contributed by atoms with E-state index in [1.165, 1.54) is 35.1 Å². The Morgan fingerprint density at radius 1 is 0.667 bits per heavy atom. The van der Waals surface area contributed by atoms with Crippen LogP contribution in [0.25, 0.3) is 21.1 Å². The Labute approximate surface area is 354 Å². The fourth-order valence-electron chi connectivity index (χ4n) is 8.59. The van der Waals surface area contributed by atoms with Crippen molar-refractivity contribution in [3.8, 4) is 21.1 Å². The van der Waals surface area contributed by atoms with Crippen LogP contribution in [-0.2, 0) is 31.9 Å². The van der Waals surface area contributed by atoms with E-state index in [1.54, 1.807) is 22.7 Å². The van der Waals surface area contributed by atoms with Crippen molar-refractivity contribution < 1.29 is 28.7 Å². The molecule has 2 aromatic carbocycles. The average Bonchev–Trinajstić information content (AvgIpc) is 4.14. The highest BCUT2D eigenvalue weighted by Crippen LogP contribution is 2.43. The summed E-state index contributed by atoms with van der Waals surface area (Å²) in [6.45, 7) is 1.13. The molecule has 0 radical (unpaired) electrons. The molecule has 308 valence electrons. The number of amides is 4. The first-order valence-corrected chi connectivity index (χ1v) is 21.6. The lowest BCUT2D eigenvalue weighted by atomic mass is 9.98. The molecule has 4 atom stereocenters. The Kier molecular flexibility index (Phi) is 11.0. The van der Waals surface area contributed by atoms with Gasteiger partial charge in [-0.15, -0.1) is 22.7 Å². The van der Waals surface area contributed by atoms with E-state index in [0.717, 1.165) is 71.3 Å². The number of fused-ring (bicyclic) bond motifs is 2. The molecule has 0 bridgehead atoms. The van der Waals surface area contributed by atoms with E-state index in [-0.39, 0.29) is 23.9 Å². The number of aromatic amines is 2. The van der Waals surface area contributed by atoms with Gasteiger partial charge in [0.25, 0.3) is 11.8 Å². The number of aromatic nitrogens is 4. The summed E-state index contributed by atoms with van der Waals surface area (Å²) in [5, 5.41) is 5.46. The maximum atomic E-state index is 14.0. The number of ether oxygens (including phenoxy) is 2. The van der Waals surface area contributed by atoms with Gasteiger partial charge < -0.3 is 39.9 Å². The van der Waals surface area contributed by atoms with Gasteiger partial charge in [-0.25, -0.2) is 19.6 Å². The zero-order valence-corrected chi connectivity index (χ0v) is 34.7. The number of methoxy groups -OCH3 is 2. The van der Waals surface area contributed by atoms with Gasteiger partial charge >= 0.3 is 12.2 Å². The number of imidazole rings is 2. The molecule has 2 aliphatic heterocycles. The number of alkyl carbamates (subject to hydrolysis) is 2. The normalized spacial score (nSPS) is 18.0. The number of benzene rings is 2. The largest absolute Gasteiger partial charge is 0.453 e. The molecule has 0 unspecified atom stereocenters. The first kappa shape index (κ1) is 39.2. The lowest BCUT2D eigenvalue weighted by Gasteiger charge is -2.28. The fraction of sp³-hybridized carbons (Fsp3) is 0.318. The zero-order valence-electron chi connectivity index (χ0n) is 33.1. The van der Waals surface area contributed by atoms with E-state index >= 15 is 0 Å². The van der Waals surface area contributed by atoms with Gasteiger partial charge in [0.05, 0.1) is 59.8 Å². The van der Waals surface area contributed by atoms with Crippen LogP contribution in [0.1, 0.15) is 93.5 Å². The number of thiophene rings is 2. The minimum atomic E-state index is -0.875. The third-order valence-corrected chi connectivity index (χ3v) is 14.0. The van der Waals surface area contributed by atoms with Crippen molar-refractivity contribution in [2.24, 2.45) is 0 Å². The molecule has 4 amide bonds. The van der Waals surface area contributed by atoms with Crippen molar-refractivity contribution in [1.29, 1.82) is 0 Å². The van der Waals surface area contributed by atoms with Crippen molar-refractivity contribution in [2.75, 3.05) is 27.3 Å². The summed E-state index contributed by atoms with van der Waals surface area (Å²) in [4.78, 5) is 77.5. The van der Waals surface area contributed by atoms with Gasteiger partial charge in [0.1, 0.15) is 23.7 Å². The van der Waals surface area contributed by atoms with Gasteiger partial charge in [-0.1, -0.05) is 60.7 Å². The molecule has 14 nitrogen and oxygen atoms in total. The molecule has 4 aromatic heterocycles. The summed E-state index contributed by atoms with van der Waals surface area (Å²) in [5.74, 6) is 1.06. The Balaban J connectivity index is 0.880. The molecular formula is C44H44N8O6S2. The van der Waals surface area contributed by atoms with Crippen LogP contribution in [0.4, 0.5) is 9.59 Å². The van der Waals surface area contributed by atoms with E-state index < -0.39 is 24.3 Å². The van der Waals surface area contributed by atoms with Gasteiger partial charge in [-0.05, 0) is 60.1 Å². The van der Waals surface area contributed by atoms with Crippen LogP contribution < -0.4 is 10.6 Å². The predicted octanol–water partition coefficient (Wildman–Crippen LogP) is 7.61. The molecule has 2 fully saturated rings. The third kappa shape index (κ3) is 7.68. The fourth-order valence-corrected chi connectivity index (χ4v) is 10.9. The highest BCUT2D eigenvalue weighted by molar-refractivity contribution is 7.16. The first-order valence-electron chi connectivity index (χ1n) is 20.0. The monoisotopic (exact) mass is 844 g/mol. The quantitative estimate of drug-likeness (QED) is 0.109. The summed E-state index contributed by atoms with van der Waals surface area (Å²) in [6, 6.07) is 20.7. The van der Waals surface area contributed by atoms with Crippen LogP contribution in [0, 0.1) is 0 Å². The number of carbonyl (C=O) groups is 4. The molecule has 2 saturated heterocycles. The number of hydrogen-bond donors (Lipinski definition) is 4. The number of likely N-dealkylation sites (tertiary alicyclic amines) is 2. The number of rotatable bonds is 10. The molecule has 16 heteroatoms. The molecule has 6 aromatic rings. The first-order chi connectivity index (χ1) is 29.3. The van der Waals surface area contributed by atoms with E-state index in [9.17, 15) is 19.2 Å². The molecule has 4 N–H and O–H groups in total. The topological polar surface area (TPSA) is 175 Å². The average molecular weight is 845 g/mol. The molecule has 1 aliphatic carbocycles. The smallest absolute Gasteiger partial charge is 0.407 e. The van der Waals surface area contributed by atoms with Crippen molar-refractivity contribution in [3.05, 3.63) is 129 Å². The molecule has 60 heavy (non-hydrogen) atoms. The van der Waals surface area contributed by atoms with E-state index in [4.69, 9.17) is 19.4 Å². The summed E-state index contributed by atoms with van der Waals surface area (Å²) >= 11 is 3.52. The molecule has 3 aliphatic rings. The Morgan fingerprint density at radius 3 is 1.48 bits per heavy atom. The number of H-pyrrole nitrogens is 2. The second kappa shape index (κ2) is 16.8. The molecule has 0 spiro atoms. The predicted molar refractivity (Wildman–Crippen MR) is 226 cm³/mol. The van der Waals surface area contributed by atoms with Crippen LogP contribution >= 0.6 is 22.7 Å². The minimum absolute atomic E-state index is 0.201. The number of carbonyl (C=O) groups excluding carboxylic acids is 4. The maximum absolute atomic E-state index is 14.0. The Bertz CT molecular complexity index is 2320. The number of nitrogens with zero attached hydrogens (tertiary/aromatic N) is 4. The van der Waals surface area contributed by atoms with Crippen molar-refractivity contribution in [1.82, 2.24) is 40.4 Å². The lowest BCUT2D eigenvalue weighted by Crippen LogP contribution is -2.42. The van der Waals surface area contributed by atoms with Gasteiger partial charge in [0, 0.05) is 35.7 Å². The minimum Gasteiger partial charge on any atom is -0.453 e. The summed E-state index contributed by atoms with van der Waals surface area (Å²) in [7, 11) is 2.57. The third-order valence-electron chi connectivity index (χ3n) is 11.6. The van der Waals surface area contributed by atoms with E-state index in [0.29, 0.717) is 24.2 Å². The van der Waals surface area contributed by atoms with Crippen LogP contribution in [0.3, 0.4) is 0 Å². The highest BCUT2D eigenvalue weighted by Gasteiger charge is 2.39. The van der Waals surface area contributed by atoms with E-state index in [1.807, 2.05) is 82.9 Å². The van der Waals surface area contributed by atoms with Gasteiger partial charge in [0.15, 0.2) is 0 Å². The summed E-state index contributed by atoms with van der Waals surface area (Å²) < 4.78 is 9.69. The summed E-state index contributed by atoms with van der Waals surface area (Å²) in [6.07, 6.45) is 7.22. The van der Waals surface area contributed by atoms with Crippen molar-refractivity contribution in [3.63, 3.8) is 0 Å². The standard InChI is InChI=1S/C44H44N8O6S2/c1-57-43(55)49-37(25-11-5-3-6-12-25)41(53)51-17-9-15-31(51)39-45-23-29(47-39)35-21-27-19-34-28(20-33(27)59-35)22-36(60-34)30-24-46-40(48-30)32-16-10-18-52(32)42(54)38(50-44(56)58-2)26-13-7-4-8-14-26/h3-8,11-14,21-24,31-32,37-38H,9-10,15-20H2,1-2H3,(H,45,47)(H,46,48)(H,49,55)(H,50,56)/t31-,32-,37-,38+/m0/s1. The molecule has 0 saturated carbocycles. The zero-order chi connectivity index (χ0) is 41.3. The molecule has 9 rings (SSSR count). The van der Waals surface area contributed by atoms with Gasteiger partial charge in [-0.3, -0.25) is 9.59 Å². The van der Waals surface area contributed by atoms with Crippen LogP contribution in [0.2, 0.25) is 0 Å². The lowest BCUT2D eigenvalue weighted by molar-refractivity contribution is -0.135. The van der Waals surface area contributed by atoms with Crippen molar-refractivity contribution in [2.45, 2.75) is 62.7 Å². The maximum Gasteiger partial charge on any atom is 0.407 e. The summed E-state index contributed by atoms with van der Waals surface area (Å²) in [5.41, 5.74) is 5.80. The Morgan fingerprint density at radius 2 is 1.08 bits per heavy atom. The van der Waals surface area contributed by atoms with Gasteiger partial charge in [0.2, 0.25) is 0 Å². The SMILES string of the molecule is COC(=O)N[C@H](C(=O)N1CCC[C@H]1c1ncc(-c2cc3c(s2)Cc2cc(-c4cnc([C@@H]5CCCN5C(=O)[C@H](NC(=O)OC)c5ccccc5)[nH]4)sc2C3)[nH]1)c1ccccc1. The molecule has 6 heterocycles. The Hall–Kier alpha value is -6.26. The van der Waals surface area contributed by atoms with E-state index in [2.05, 4.69) is 32.7 Å². The molecular weight excluding hydrogens is 801 g/mol. The van der Waals surface area contributed by atoms with Crippen LogP contribution in [-0.4, -0.2) is 81.0 Å². The number of nitrogens with one attached hydrogen (secondary N) is 4. The second-order valence-electron chi connectivity index (χ2n) is 15.2. The highest BCUT2D eigenvalue weighted by atomic mass is 32.1.